The zero-order chi connectivity index (χ0) is 22.9. The summed E-state index contributed by atoms with van der Waals surface area (Å²) < 4.78 is 71.3. The molecule has 11 heteroatoms. The van der Waals surface area contributed by atoms with Gasteiger partial charge in [-0.15, -0.1) is 0 Å². The van der Waals surface area contributed by atoms with Crippen LogP contribution in [0.3, 0.4) is 0 Å². The summed E-state index contributed by atoms with van der Waals surface area (Å²) in [5.74, 6) is -1.39. The molecule has 2 aliphatic rings. The first-order chi connectivity index (χ1) is 14.5. The number of hydrogen-bond donors (Lipinski definition) is 1. The normalized spacial score (nSPS) is 20.4. The summed E-state index contributed by atoms with van der Waals surface area (Å²) in [4.78, 5) is 24.2. The van der Waals surface area contributed by atoms with Gasteiger partial charge in [-0.3, -0.25) is 4.79 Å². The largest absolute Gasteiger partial charge is 0.467 e. The van der Waals surface area contributed by atoms with E-state index < -0.39 is 44.1 Å². The van der Waals surface area contributed by atoms with E-state index >= 15 is 0 Å². The molecule has 7 nitrogen and oxygen atoms in total. The van der Waals surface area contributed by atoms with Gasteiger partial charge < -0.3 is 10.1 Å². The molecule has 0 radical (unpaired) electrons. The van der Waals surface area contributed by atoms with Crippen molar-refractivity contribution in [2.24, 2.45) is 5.92 Å². The second kappa shape index (κ2) is 8.78. The van der Waals surface area contributed by atoms with Crippen LogP contribution in [-0.4, -0.2) is 50.3 Å². The van der Waals surface area contributed by atoms with E-state index in [1.165, 1.54) is 13.2 Å². The average molecular weight is 462 g/mol. The fourth-order valence-electron chi connectivity index (χ4n) is 4.32. The third kappa shape index (κ3) is 4.72. The number of hydrogen-bond acceptors (Lipinski definition) is 5. The van der Waals surface area contributed by atoms with Crippen molar-refractivity contribution in [2.45, 2.75) is 55.1 Å². The van der Waals surface area contributed by atoms with Crippen LogP contribution < -0.4 is 5.32 Å². The van der Waals surface area contributed by atoms with Crippen LogP contribution >= 0.6 is 0 Å². The zero-order valence-corrected chi connectivity index (χ0v) is 17.9. The molecule has 0 atom stereocenters. The van der Waals surface area contributed by atoms with Crippen molar-refractivity contribution >= 4 is 21.9 Å². The molecule has 1 saturated carbocycles. The first-order valence-electron chi connectivity index (χ1n) is 10.1. The zero-order valence-electron chi connectivity index (χ0n) is 17.1. The Morgan fingerprint density at radius 1 is 1.13 bits per heavy atom. The Hall–Kier alpha value is -2.14. The minimum absolute atomic E-state index is 0.0855. The van der Waals surface area contributed by atoms with Gasteiger partial charge >= 0.3 is 12.1 Å². The number of carbonyl (C=O) groups excluding carboxylic acids is 2. The van der Waals surface area contributed by atoms with E-state index in [9.17, 15) is 31.2 Å². The van der Waals surface area contributed by atoms with Crippen molar-refractivity contribution < 1.29 is 35.9 Å². The lowest BCUT2D eigenvalue weighted by atomic mass is 9.92. The molecule has 1 aromatic carbocycles. The van der Waals surface area contributed by atoms with Gasteiger partial charge in [-0.25, -0.2) is 13.2 Å². The minimum atomic E-state index is -4.80. The van der Waals surface area contributed by atoms with Gasteiger partial charge in [-0.1, -0.05) is 25.0 Å². The van der Waals surface area contributed by atoms with Crippen LogP contribution in [0, 0.1) is 5.92 Å². The number of benzene rings is 1. The number of methoxy groups -OCH3 is 1. The molecule has 1 heterocycles. The maximum Gasteiger partial charge on any atom is 0.417 e. The predicted octanol–water partition coefficient (Wildman–Crippen LogP) is 2.71. The number of nitrogens with one attached hydrogen (secondary N) is 1. The molecule has 31 heavy (non-hydrogen) atoms. The number of nitrogens with zero attached hydrogens (tertiary/aromatic N) is 1. The summed E-state index contributed by atoms with van der Waals surface area (Å²) >= 11 is 0. The molecule has 1 amide bonds. The smallest absolute Gasteiger partial charge is 0.417 e. The van der Waals surface area contributed by atoms with Crippen LogP contribution in [0.5, 0.6) is 0 Å². The van der Waals surface area contributed by atoms with Crippen molar-refractivity contribution in [2.75, 3.05) is 20.2 Å². The highest BCUT2D eigenvalue weighted by Crippen LogP contribution is 2.36. The van der Waals surface area contributed by atoms with Crippen molar-refractivity contribution in [3.63, 3.8) is 0 Å². The molecule has 1 aliphatic heterocycles. The highest BCUT2D eigenvalue weighted by Gasteiger charge is 2.45. The molecule has 2 fully saturated rings. The van der Waals surface area contributed by atoms with Gasteiger partial charge in [0.2, 0.25) is 15.9 Å². The number of esters is 1. The second-order valence-electron chi connectivity index (χ2n) is 7.94. The van der Waals surface area contributed by atoms with Gasteiger partial charge in [0.1, 0.15) is 5.54 Å². The van der Waals surface area contributed by atoms with Gasteiger partial charge in [0.05, 0.1) is 17.6 Å². The van der Waals surface area contributed by atoms with E-state index in [4.69, 9.17) is 4.74 Å². The molecule has 3 rings (SSSR count). The van der Waals surface area contributed by atoms with E-state index in [1.54, 1.807) is 0 Å². The number of alkyl halides is 3. The number of halogens is 3. The van der Waals surface area contributed by atoms with Crippen molar-refractivity contribution in [3.05, 3.63) is 29.8 Å². The molecular weight excluding hydrogens is 437 g/mol. The second-order valence-corrected chi connectivity index (χ2v) is 9.85. The molecular formula is C20H25F3N2O5S. The Bertz CT molecular complexity index is 934. The predicted molar refractivity (Wildman–Crippen MR) is 104 cm³/mol. The Balaban J connectivity index is 1.70. The third-order valence-corrected chi connectivity index (χ3v) is 7.99. The van der Waals surface area contributed by atoms with E-state index in [1.807, 2.05) is 0 Å². The SMILES string of the molecule is COC(=O)C1(NC(=O)C2CCN(S(=O)(=O)c3ccccc3C(F)(F)F)CC2)CCCC1. The Morgan fingerprint density at radius 3 is 2.26 bits per heavy atom. The fourth-order valence-corrected chi connectivity index (χ4v) is 6.00. The Morgan fingerprint density at radius 2 is 1.71 bits per heavy atom. The van der Waals surface area contributed by atoms with E-state index in [2.05, 4.69) is 5.32 Å². The summed E-state index contributed by atoms with van der Waals surface area (Å²) in [6, 6.07) is 4.06. The van der Waals surface area contributed by atoms with E-state index in [0.29, 0.717) is 12.8 Å². The fraction of sp³-hybridized carbons (Fsp3) is 0.600. The molecule has 1 aliphatic carbocycles. The minimum Gasteiger partial charge on any atom is -0.467 e. The lowest BCUT2D eigenvalue weighted by molar-refractivity contribution is -0.151. The number of carbonyl (C=O) groups is 2. The average Bonchev–Trinajstić information content (AvgIpc) is 3.22. The maximum absolute atomic E-state index is 13.3. The summed E-state index contributed by atoms with van der Waals surface area (Å²) in [5, 5.41) is 2.80. The molecule has 1 aromatic rings. The summed E-state index contributed by atoms with van der Waals surface area (Å²) in [5.41, 5.74) is -2.27. The number of piperidine rings is 1. The van der Waals surface area contributed by atoms with Gasteiger partial charge in [-0.2, -0.15) is 17.5 Å². The summed E-state index contributed by atoms with van der Waals surface area (Å²) in [6.07, 6.45) is -1.98. The van der Waals surface area contributed by atoms with Crippen molar-refractivity contribution in [1.29, 1.82) is 0 Å². The summed E-state index contributed by atoms with van der Waals surface area (Å²) in [7, 11) is -3.11. The maximum atomic E-state index is 13.3. The lowest BCUT2D eigenvalue weighted by Crippen LogP contribution is -2.55. The molecule has 172 valence electrons. The van der Waals surface area contributed by atoms with Crippen molar-refractivity contribution in [3.8, 4) is 0 Å². The topological polar surface area (TPSA) is 92.8 Å². The Labute approximate surface area is 179 Å². The van der Waals surface area contributed by atoms with Gasteiger partial charge in [0, 0.05) is 19.0 Å². The molecule has 1 N–H and O–H groups in total. The highest BCUT2D eigenvalue weighted by atomic mass is 32.2. The van der Waals surface area contributed by atoms with Crippen LogP contribution in [-0.2, 0) is 30.5 Å². The van der Waals surface area contributed by atoms with Gasteiger partial charge in [0.25, 0.3) is 0 Å². The first-order valence-corrected chi connectivity index (χ1v) is 11.5. The lowest BCUT2D eigenvalue weighted by Gasteiger charge is -2.34. The number of sulfonamides is 1. The third-order valence-electron chi connectivity index (χ3n) is 6.03. The van der Waals surface area contributed by atoms with Crippen molar-refractivity contribution in [1.82, 2.24) is 9.62 Å². The molecule has 0 spiro atoms. The molecule has 0 aromatic heterocycles. The summed E-state index contributed by atoms with van der Waals surface area (Å²) in [6.45, 7) is -0.171. The number of ether oxygens (including phenoxy) is 1. The first kappa shape index (κ1) is 23.5. The monoisotopic (exact) mass is 462 g/mol. The number of rotatable bonds is 5. The van der Waals surface area contributed by atoms with Crippen LogP contribution in [0.4, 0.5) is 13.2 Å². The molecule has 1 saturated heterocycles. The standard InChI is InChI=1S/C20H25F3N2O5S/c1-30-18(27)19(10-4-5-11-19)24-17(26)14-8-12-25(13-9-14)31(28,29)16-7-3-2-6-15(16)20(21,22)23/h2-3,6-7,14H,4-5,8-13H2,1H3,(H,24,26). The molecule has 0 unspecified atom stereocenters. The quantitative estimate of drug-likeness (QED) is 0.680. The van der Waals surface area contributed by atoms with Gasteiger partial charge in [-0.05, 0) is 37.8 Å². The number of amides is 1. The Kier molecular flexibility index (Phi) is 6.66. The van der Waals surface area contributed by atoms with E-state index in [-0.39, 0.29) is 31.8 Å². The van der Waals surface area contributed by atoms with Gasteiger partial charge in [0.15, 0.2) is 0 Å². The van der Waals surface area contributed by atoms with Crippen LogP contribution in [0.25, 0.3) is 0 Å². The molecule has 0 bridgehead atoms. The van der Waals surface area contributed by atoms with E-state index in [0.717, 1.165) is 35.3 Å². The van der Waals surface area contributed by atoms with Crippen LogP contribution in [0.15, 0.2) is 29.2 Å². The highest BCUT2D eigenvalue weighted by molar-refractivity contribution is 7.89. The van der Waals surface area contributed by atoms with Crippen LogP contribution in [0.1, 0.15) is 44.1 Å². The van der Waals surface area contributed by atoms with Crippen LogP contribution in [0.2, 0.25) is 0 Å².